The van der Waals surface area contributed by atoms with Crippen molar-refractivity contribution >= 4 is 11.9 Å². The van der Waals surface area contributed by atoms with Crippen LogP contribution in [-0.4, -0.2) is 33.4 Å². The largest absolute Gasteiger partial charge is 0.547 e. The van der Waals surface area contributed by atoms with Gasteiger partial charge >= 0.3 is 0 Å². The topological polar surface area (TPSA) is 121 Å². The fourth-order valence-corrected chi connectivity index (χ4v) is 3.56. The van der Waals surface area contributed by atoms with Gasteiger partial charge in [-0.05, 0) is 24.7 Å². The Kier molecular flexibility index (Phi) is 11.0. The number of unbranched alkanes of at least 4 members (excludes halogenated alkanes) is 2. The number of rotatable bonds is 15. The molecular formula is C20H36O6-2. The molecule has 0 amide bonds. The minimum absolute atomic E-state index is 0.223. The van der Waals surface area contributed by atoms with Gasteiger partial charge in [0.1, 0.15) is 11.2 Å². The molecule has 6 heteroatoms. The summed E-state index contributed by atoms with van der Waals surface area (Å²) in [5.41, 5.74) is -5.75. The van der Waals surface area contributed by atoms with Crippen LogP contribution in [0.4, 0.5) is 0 Å². The second-order valence-electron chi connectivity index (χ2n) is 7.54. The Morgan fingerprint density at radius 2 is 1.08 bits per heavy atom. The second kappa shape index (κ2) is 11.5. The van der Waals surface area contributed by atoms with E-state index in [0.717, 1.165) is 25.7 Å². The Morgan fingerprint density at radius 1 is 0.769 bits per heavy atom. The molecule has 0 aliphatic carbocycles. The van der Waals surface area contributed by atoms with Crippen molar-refractivity contribution in [3.63, 3.8) is 0 Å². The Morgan fingerprint density at radius 3 is 1.27 bits per heavy atom. The van der Waals surface area contributed by atoms with E-state index < -0.39 is 23.1 Å². The number of carboxylic acid groups (broad SMARTS) is 2. The summed E-state index contributed by atoms with van der Waals surface area (Å²) in [4.78, 5) is 23.5. The molecule has 0 aromatic rings. The number of hydrogen-bond acceptors (Lipinski definition) is 6. The zero-order valence-electron chi connectivity index (χ0n) is 16.8. The average molecular weight is 373 g/mol. The van der Waals surface area contributed by atoms with Crippen LogP contribution >= 0.6 is 0 Å². The normalized spacial score (nSPS) is 18.5. The van der Waals surface area contributed by atoms with Crippen LogP contribution in [0.5, 0.6) is 0 Å². The summed E-state index contributed by atoms with van der Waals surface area (Å²) < 4.78 is 0. The zero-order valence-corrected chi connectivity index (χ0v) is 16.8. The van der Waals surface area contributed by atoms with E-state index in [1.807, 2.05) is 27.7 Å². The number of aliphatic hydroxyl groups is 2. The molecule has 0 bridgehead atoms. The Labute approximate surface area is 157 Å². The molecule has 6 nitrogen and oxygen atoms in total. The maximum atomic E-state index is 11.8. The summed E-state index contributed by atoms with van der Waals surface area (Å²) in [7, 11) is 0. The number of carbonyl (C=O) groups excluding carboxylic acids is 2. The van der Waals surface area contributed by atoms with E-state index in [1.54, 1.807) is 0 Å². The summed E-state index contributed by atoms with van der Waals surface area (Å²) >= 11 is 0. The van der Waals surface area contributed by atoms with E-state index in [4.69, 9.17) is 0 Å². The predicted molar refractivity (Wildman–Crippen MR) is 95.8 cm³/mol. The lowest BCUT2D eigenvalue weighted by Gasteiger charge is -2.47. The van der Waals surface area contributed by atoms with Crippen molar-refractivity contribution in [2.45, 2.75) is 103 Å². The van der Waals surface area contributed by atoms with Crippen molar-refractivity contribution in [3.05, 3.63) is 0 Å². The summed E-state index contributed by atoms with van der Waals surface area (Å²) in [6.07, 6.45) is 5.20. The molecule has 4 unspecified atom stereocenters. The highest BCUT2D eigenvalue weighted by atomic mass is 16.5. The standard InChI is InChI=1S/C20H38O6/c1-5-9-11-15(7-3)13-19(25,17(21)22)20(26,18(23)24)14-16(8-4)12-10-6-2/h15-16,25-26H,5-14H2,1-4H3,(H,21,22)(H,23,24)/p-2. The molecule has 154 valence electrons. The van der Waals surface area contributed by atoms with Gasteiger partial charge in [0.2, 0.25) is 0 Å². The lowest BCUT2D eigenvalue weighted by molar-refractivity contribution is -0.361. The van der Waals surface area contributed by atoms with Crippen molar-refractivity contribution in [3.8, 4) is 0 Å². The molecule has 0 saturated carbocycles. The van der Waals surface area contributed by atoms with E-state index in [1.165, 1.54) is 0 Å². The highest BCUT2D eigenvalue weighted by Gasteiger charge is 2.53. The monoisotopic (exact) mass is 372 g/mol. The van der Waals surface area contributed by atoms with E-state index in [0.29, 0.717) is 25.7 Å². The van der Waals surface area contributed by atoms with Crippen LogP contribution in [0.25, 0.3) is 0 Å². The molecule has 0 fully saturated rings. The zero-order chi connectivity index (χ0) is 20.4. The van der Waals surface area contributed by atoms with Crippen LogP contribution in [0.3, 0.4) is 0 Å². The first-order valence-electron chi connectivity index (χ1n) is 10.00. The second-order valence-corrected chi connectivity index (χ2v) is 7.54. The summed E-state index contributed by atoms with van der Waals surface area (Å²) in [6.45, 7) is 7.69. The highest BCUT2D eigenvalue weighted by Crippen LogP contribution is 2.38. The van der Waals surface area contributed by atoms with E-state index in [-0.39, 0.29) is 24.7 Å². The third-order valence-corrected chi connectivity index (χ3v) is 5.61. The number of hydrogen-bond donors (Lipinski definition) is 2. The SMILES string of the molecule is CCCCC(CC)CC(O)(C(=O)[O-])C(O)(CC(CC)CCCC)C(=O)[O-]. The third kappa shape index (κ3) is 6.23. The smallest absolute Gasteiger partial charge is 0.138 e. The fraction of sp³-hybridized carbons (Fsp3) is 0.900. The van der Waals surface area contributed by atoms with Gasteiger partial charge in [-0.3, -0.25) is 0 Å². The van der Waals surface area contributed by atoms with E-state index >= 15 is 0 Å². The van der Waals surface area contributed by atoms with Gasteiger partial charge in [0, 0.05) is 0 Å². The molecule has 26 heavy (non-hydrogen) atoms. The average Bonchev–Trinajstić information content (AvgIpc) is 2.60. The van der Waals surface area contributed by atoms with Gasteiger partial charge in [-0.25, -0.2) is 0 Å². The molecule has 4 atom stereocenters. The molecule has 0 spiro atoms. The van der Waals surface area contributed by atoms with E-state index in [2.05, 4.69) is 0 Å². The maximum absolute atomic E-state index is 11.8. The Bertz CT molecular complexity index is 398. The third-order valence-electron chi connectivity index (χ3n) is 5.61. The van der Waals surface area contributed by atoms with Crippen LogP contribution in [0, 0.1) is 11.8 Å². The molecule has 0 heterocycles. The summed E-state index contributed by atoms with van der Waals surface area (Å²) in [5.74, 6) is -4.35. The predicted octanol–water partition coefficient (Wildman–Crippen LogP) is 1.16. The van der Waals surface area contributed by atoms with Crippen LogP contribution in [0.15, 0.2) is 0 Å². The van der Waals surface area contributed by atoms with Crippen molar-refractivity contribution in [2.24, 2.45) is 11.8 Å². The Hall–Kier alpha value is -1.14. The molecule has 0 aromatic carbocycles. The van der Waals surface area contributed by atoms with Crippen LogP contribution in [0.2, 0.25) is 0 Å². The van der Waals surface area contributed by atoms with Crippen molar-refractivity contribution in [1.29, 1.82) is 0 Å². The van der Waals surface area contributed by atoms with Crippen LogP contribution in [-0.2, 0) is 9.59 Å². The quantitative estimate of drug-likeness (QED) is 0.445. The van der Waals surface area contributed by atoms with Crippen molar-refractivity contribution < 1.29 is 30.0 Å². The summed E-state index contributed by atoms with van der Waals surface area (Å²) in [5, 5.41) is 45.2. The van der Waals surface area contributed by atoms with Crippen LogP contribution in [0.1, 0.15) is 91.9 Å². The minimum atomic E-state index is -2.88. The minimum Gasteiger partial charge on any atom is -0.547 e. The molecule has 0 aliphatic heterocycles. The lowest BCUT2D eigenvalue weighted by Crippen LogP contribution is -2.71. The van der Waals surface area contributed by atoms with Gasteiger partial charge < -0.3 is 30.0 Å². The first-order chi connectivity index (χ1) is 12.1. The molecule has 0 rings (SSSR count). The Balaban J connectivity index is 5.72. The van der Waals surface area contributed by atoms with Gasteiger partial charge in [-0.2, -0.15) is 0 Å². The fourth-order valence-electron chi connectivity index (χ4n) is 3.56. The van der Waals surface area contributed by atoms with Gasteiger partial charge in [-0.1, -0.05) is 79.1 Å². The first-order valence-corrected chi connectivity index (χ1v) is 10.00. The van der Waals surface area contributed by atoms with E-state index in [9.17, 15) is 30.0 Å². The van der Waals surface area contributed by atoms with Crippen LogP contribution < -0.4 is 10.2 Å². The van der Waals surface area contributed by atoms with Crippen molar-refractivity contribution in [2.75, 3.05) is 0 Å². The molecule has 0 saturated heterocycles. The number of carboxylic acids is 2. The van der Waals surface area contributed by atoms with Gasteiger partial charge in [0.15, 0.2) is 0 Å². The van der Waals surface area contributed by atoms with Gasteiger partial charge in [0.05, 0.1) is 11.9 Å². The lowest BCUT2D eigenvalue weighted by atomic mass is 9.70. The number of aliphatic carboxylic acids is 2. The number of carbonyl (C=O) groups is 2. The maximum Gasteiger partial charge on any atom is 0.138 e. The first kappa shape index (κ1) is 24.9. The molecule has 0 aromatic heterocycles. The van der Waals surface area contributed by atoms with Gasteiger partial charge in [0.25, 0.3) is 0 Å². The molecule has 0 aliphatic rings. The van der Waals surface area contributed by atoms with Gasteiger partial charge in [-0.15, -0.1) is 0 Å². The highest BCUT2D eigenvalue weighted by molar-refractivity contribution is 5.88. The summed E-state index contributed by atoms with van der Waals surface area (Å²) in [6, 6.07) is 0. The van der Waals surface area contributed by atoms with Crippen molar-refractivity contribution in [1.82, 2.24) is 0 Å². The molecule has 2 N–H and O–H groups in total. The molecule has 0 radical (unpaired) electrons. The molecular weight excluding hydrogens is 336 g/mol.